The maximum absolute atomic E-state index is 15.6. The Morgan fingerprint density at radius 3 is 2.75 bits per heavy atom. The SMILES string of the molecule is [2H]C([2H])([2H])Oc1cc(-c2ccc(-c3ncc(N(C)[C@@H]4C[C@@]5(C)CCC[C@](C)(N5)[C@@H]4F)nn3)c(O)c2)cc(F)n1. The molecule has 0 aliphatic carbocycles. The van der Waals surface area contributed by atoms with Crippen molar-refractivity contribution in [3.8, 4) is 34.1 Å². The summed E-state index contributed by atoms with van der Waals surface area (Å²) in [5, 5.41) is 22.7. The molecular weight excluding hydrogens is 466 g/mol. The molecule has 5 rings (SSSR count). The normalized spacial score (nSPS) is 29.1. The van der Waals surface area contributed by atoms with E-state index in [9.17, 15) is 9.50 Å². The van der Waals surface area contributed by atoms with Crippen LogP contribution >= 0.6 is 0 Å². The van der Waals surface area contributed by atoms with Gasteiger partial charge in [0, 0.05) is 30.3 Å². The lowest BCUT2D eigenvalue weighted by Crippen LogP contribution is -2.72. The molecule has 8 nitrogen and oxygen atoms in total. The summed E-state index contributed by atoms with van der Waals surface area (Å²) in [5.74, 6) is -0.956. The number of aromatic nitrogens is 4. The van der Waals surface area contributed by atoms with Crippen LogP contribution in [-0.4, -0.2) is 62.6 Å². The van der Waals surface area contributed by atoms with Gasteiger partial charge in [0.15, 0.2) is 11.6 Å². The molecule has 190 valence electrons. The zero-order valence-electron chi connectivity index (χ0n) is 23.3. The lowest BCUT2D eigenvalue weighted by molar-refractivity contribution is 0.00193. The van der Waals surface area contributed by atoms with E-state index in [0.29, 0.717) is 17.8 Å². The van der Waals surface area contributed by atoms with E-state index in [1.807, 2.05) is 6.92 Å². The summed E-state index contributed by atoms with van der Waals surface area (Å²) in [6.07, 6.45) is 3.77. The Hall–Kier alpha value is -3.40. The topological polar surface area (TPSA) is 96.3 Å². The number of anilines is 1. The van der Waals surface area contributed by atoms with Crippen molar-refractivity contribution in [1.29, 1.82) is 0 Å². The van der Waals surface area contributed by atoms with Gasteiger partial charge in [0.05, 0.1) is 29.0 Å². The Kier molecular flexibility index (Phi) is 5.14. The second kappa shape index (κ2) is 8.92. The number of pyridine rings is 1. The van der Waals surface area contributed by atoms with Crippen molar-refractivity contribution in [2.75, 3.05) is 19.0 Å². The van der Waals surface area contributed by atoms with Gasteiger partial charge >= 0.3 is 0 Å². The molecule has 0 unspecified atom stereocenters. The zero-order chi connectivity index (χ0) is 28.2. The predicted molar refractivity (Wildman–Crippen MR) is 132 cm³/mol. The van der Waals surface area contributed by atoms with E-state index < -0.39 is 36.6 Å². The van der Waals surface area contributed by atoms with E-state index >= 15 is 4.39 Å². The van der Waals surface area contributed by atoms with Crippen molar-refractivity contribution >= 4 is 5.82 Å². The number of halogens is 2. The summed E-state index contributed by atoms with van der Waals surface area (Å²) in [5.41, 5.74) is 0.184. The first-order valence-electron chi connectivity index (χ1n) is 13.3. The first-order valence-corrected chi connectivity index (χ1v) is 11.8. The Morgan fingerprint density at radius 1 is 1.19 bits per heavy atom. The first-order chi connectivity index (χ1) is 18.3. The van der Waals surface area contributed by atoms with Crippen molar-refractivity contribution in [2.24, 2.45) is 0 Å². The molecule has 0 amide bonds. The van der Waals surface area contributed by atoms with Crippen LogP contribution in [0, 0.1) is 5.95 Å². The predicted octanol–water partition coefficient (Wildman–Crippen LogP) is 4.29. The van der Waals surface area contributed by atoms with Crippen molar-refractivity contribution in [3.05, 3.63) is 42.5 Å². The molecule has 1 aromatic carbocycles. The molecule has 2 aliphatic rings. The maximum atomic E-state index is 15.6. The minimum atomic E-state index is -2.79. The number of methoxy groups -OCH3 is 1. The van der Waals surface area contributed by atoms with E-state index in [0.717, 1.165) is 25.3 Å². The van der Waals surface area contributed by atoms with E-state index in [4.69, 9.17) is 8.85 Å². The van der Waals surface area contributed by atoms with Gasteiger partial charge in [-0.05, 0) is 62.8 Å². The molecule has 2 aromatic heterocycles. The largest absolute Gasteiger partial charge is 0.507 e. The summed E-state index contributed by atoms with van der Waals surface area (Å²) in [6.45, 7) is 4.08. The fraction of sp³-hybridized carbons (Fsp3) is 0.462. The molecule has 2 fully saturated rings. The van der Waals surface area contributed by atoms with E-state index in [1.54, 1.807) is 24.1 Å². The van der Waals surface area contributed by atoms with Gasteiger partial charge in [0.1, 0.15) is 11.9 Å². The van der Waals surface area contributed by atoms with E-state index in [1.165, 1.54) is 18.3 Å². The monoisotopic (exact) mass is 499 g/mol. The van der Waals surface area contributed by atoms with Crippen molar-refractivity contribution in [3.63, 3.8) is 0 Å². The fourth-order valence-electron chi connectivity index (χ4n) is 5.66. The Labute approximate surface area is 213 Å². The standard InChI is InChI=1S/C26H30F2N6O2/c1-25-8-5-9-26(2,33-25)23(28)18(13-25)34(3)21-14-29-24(32-31-21)17-7-6-15(10-19(17)35)16-11-20(27)30-22(12-16)36-4/h6-7,10-12,14,18,23,33,35H,5,8-9,13H2,1-4H3/t18-,23-,25-,26+/m1/s1/i4D3. The molecule has 0 spiro atoms. The van der Waals surface area contributed by atoms with Crippen LogP contribution in [0.25, 0.3) is 22.5 Å². The van der Waals surface area contributed by atoms with E-state index in [2.05, 4.69) is 32.4 Å². The van der Waals surface area contributed by atoms with Gasteiger partial charge in [-0.3, -0.25) is 0 Å². The third-order valence-corrected chi connectivity index (χ3v) is 7.47. The summed E-state index contributed by atoms with van der Waals surface area (Å²) in [6, 6.07) is 6.47. The van der Waals surface area contributed by atoms with Crippen LogP contribution in [0.5, 0.6) is 11.6 Å². The summed E-state index contributed by atoms with van der Waals surface area (Å²) >= 11 is 0. The molecule has 4 heterocycles. The van der Waals surface area contributed by atoms with Crippen LogP contribution in [0.3, 0.4) is 0 Å². The van der Waals surface area contributed by atoms with Gasteiger partial charge in [0.25, 0.3) is 0 Å². The number of aromatic hydroxyl groups is 1. The zero-order valence-corrected chi connectivity index (χ0v) is 20.3. The van der Waals surface area contributed by atoms with Crippen LogP contribution in [0.4, 0.5) is 14.6 Å². The van der Waals surface area contributed by atoms with Crippen LogP contribution < -0.4 is 15.0 Å². The van der Waals surface area contributed by atoms with Crippen LogP contribution in [-0.2, 0) is 0 Å². The Balaban J connectivity index is 1.36. The molecule has 36 heavy (non-hydrogen) atoms. The highest BCUT2D eigenvalue weighted by Gasteiger charge is 2.53. The highest BCUT2D eigenvalue weighted by molar-refractivity contribution is 5.73. The number of hydrogen-bond acceptors (Lipinski definition) is 8. The van der Waals surface area contributed by atoms with Gasteiger partial charge < -0.3 is 20.1 Å². The van der Waals surface area contributed by atoms with Crippen LogP contribution in [0.1, 0.15) is 43.6 Å². The number of benzene rings is 1. The Bertz CT molecular complexity index is 1380. The molecule has 0 saturated carbocycles. The lowest BCUT2D eigenvalue weighted by Gasteiger charge is -2.56. The number of phenols is 1. The molecular formula is C26H30F2N6O2. The van der Waals surface area contributed by atoms with Gasteiger partial charge in [-0.15, -0.1) is 10.2 Å². The average molecular weight is 500 g/mol. The first kappa shape index (κ1) is 20.8. The number of nitrogens with zero attached hydrogens (tertiary/aromatic N) is 5. The number of rotatable bonds is 5. The molecule has 2 aliphatic heterocycles. The number of phenolic OH excluding ortho intramolecular Hbond substituents is 1. The smallest absolute Gasteiger partial charge is 0.216 e. The van der Waals surface area contributed by atoms with Crippen molar-refractivity contribution < 1.29 is 22.7 Å². The summed E-state index contributed by atoms with van der Waals surface area (Å²) in [7, 11) is -0.997. The van der Waals surface area contributed by atoms with Gasteiger partial charge in [-0.2, -0.15) is 9.37 Å². The van der Waals surface area contributed by atoms with Gasteiger partial charge in [-0.25, -0.2) is 9.37 Å². The number of fused-ring (bicyclic) bond motifs is 2. The molecule has 2 saturated heterocycles. The van der Waals surface area contributed by atoms with Crippen LogP contribution in [0.15, 0.2) is 36.5 Å². The second-order valence-electron chi connectivity index (χ2n) is 10.2. The summed E-state index contributed by atoms with van der Waals surface area (Å²) in [4.78, 5) is 9.60. The quantitative estimate of drug-likeness (QED) is 0.502. The molecule has 4 atom stereocenters. The number of hydrogen-bond donors (Lipinski definition) is 2. The van der Waals surface area contributed by atoms with Gasteiger partial charge in [0.2, 0.25) is 11.8 Å². The van der Waals surface area contributed by atoms with Crippen molar-refractivity contribution in [2.45, 2.75) is 62.8 Å². The maximum Gasteiger partial charge on any atom is 0.216 e. The number of ether oxygens (including phenoxy) is 1. The van der Waals surface area contributed by atoms with Crippen molar-refractivity contribution in [1.82, 2.24) is 25.5 Å². The highest BCUT2D eigenvalue weighted by Crippen LogP contribution is 2.43. The summed E-state index contributed by atoms with van der Waals surface area (Å²) < 4.78 is 55.9. The molecule has 0 radical (unpaired) electrons. The Morgan fingerprint density at radius 2 is 2.03 bits per heavy atom. The van der Waals surface area contributed by atoms with Gasteiger partial charge in [-0.1, -0.05) is 6.07 Å². The molecule has 10 heteroatoms. The number of nitrogens with one attached hydrogen (secondary N) is 1. The lowest BCUT2D eigenvalue weighted by atomic mass is 9.68. The average Bonchev–Trinajstić information content (AvgIpc) is 2.84. The second-order valence-corrected chi connectivity index (χ2v) is 10.2. The minimum Gasteiger partial charge on any atom is -0.507 e. The third-order valence-electron chi connectivity index (χ3n) is 7.47. The van der Waals surface area contributed by atoms with E-state index in [-0.39, 0.29) is 28.2 Å². The third kappa shape index (κ3) is 4.34. The number of alkyl halides is 1. The molecule has 2 N–H and O–H groups in total. The van der Waals surface area contributed by atoms with Crippen LogP contribution in [0.2, 0.25) is 0 Å². The number of piperidine rings is 2. The highest BCUT2D eigenvalue weighted by atomic mass is 19.1. The molecule has 2 bridgehead atoms. The minimum absolute atomic E-state index is 0.153. The molecule has 3 aromatic rings. The fourth-order valence-corrected chi connectivity index (χ4v) is 5.66.